The van der Waals surface area contributed by atoms with E-state index < -0.39 is 0 Å². The van der Waals surface area contributed by atoms with Crippen LogP contribution in [0.4, 0.5) is 0 Å². The summed E-state index contributed by atoms with van der Waals surface area (Å²) in [6.07, 6.45) is 2.82. The first kappa shape index (κ1) is 13.0. The molecule has 16 heavy (non-hydrogen) atoms. The number of hydrogen-bond acceptors (Lipinski definition) is 2. The summed E-state index contributed by atoms with van der Waals surface area (Å²) >= 11 is 5.31. The Morgan fingerprint density at radius 1 is 1.25 bits per heavy atom. The first-order valence-electron chi connectivity index (χ1n) is 5.54. The average molecular weight is 233 g/mol. The van der Waals surface area contributed by atoms with Crippen LogP contribution in [-0.4, -0.2) is 17.6 Å². The summed E-state index contributed by atoms with van der Waals surface area (Å²) < 4.78 is 0. The van der Waals surface area contributed by atoms with E-state index in [2.05, 4.69) is 37.9 Å². The predicted octanol–water partition coefficient (Wildman–Crippen LogP) is 3.72. The largest absolute Gasteiger partial charge is 0.292 e. The molecule has 0 aromatic heterocycles. The maximum Gasteiger partial charge on any atom is 0.0702 e. The Hall–Kier alpha value is -1.02. The van der Waals surface area contributed by atoms with E-state index in [0.717, 1.165) is 11.3 Å². The Bertz CT molecular complexity index is 360. The lowest BCUT2D eigenvalue weighted by molar-refractivity contribution is 0.605. The highest BCUT2D eigenvalue weighted by Crippen LogP contribution is 2.08. The van der Waals surface area contributed by atoms with Crippen molar-refractivity contribution in [3.8, 4) is 0 Å². The van der Waals surface area contributed by atoms with E-state index in [1.807, 2.05) is 24.4 Å². The molecule has 0 radical (unpaired) electrons. The second-order valence-corrected chi connectivity index (χ2v) is 5.61. The predicted molar refractivity (Wildman–Crippen MR) is 75.6 cm³/mol. The van der Waals surface area contributed by atoms with Gasteiger partial charge in [0.1, 0.15) is 0 Å². The molecule has 0 amide bonds. The van der Waals surface area contributed by atoms with E-state index in [1.165, 1.54) is 5.56 Å². The van der Waals surface area contributed by atoms with Gasteiger partial charge in [-0.1, -0.05) is 63.3 Å². The molecule has 0 heterocycles. The zero-order valence-electron chi connectivity index (χ0n) is 10.2. The molecule has 1 aromatic rings. The van der Waals surface area contributed by atoms with E-state index in [1.54, 1.807) is 0 Å². The molecule has 0 aliphatic carbocycles. The van der Waals surface area contributed by atoms with Crippen LogP contribution >= 0.6 is 12.2 Å². The number of hydrogen-bond donors (Lipinski definition) is 0. The van der Waals surface area contributed by atoms with Gasteiger partial charge in [0, 0.05) is 17.5 Å². The normalized spacial score (nSPS) is 11.9. The molecule has 1 nitrogen and oxygen atoms in total. The first-order valence-corrected chi connectivity index (χ1v) is 5.95. The van der Waals surface area contributed by atoms with Crippen molar-refractivity contribution in [1.29, 1.82) is 0 Å². The third kappa shape index (κ3) is 5.76. The van der Waals surface area contributed by atoms with Gasteiger partial charge in [-0.05, 0) is 11.0 Å². The Labute approximate surface area is 104 Å². The van der Waals surface area contributed by atoms with Gasteiger partial charge in [-0.2, -0.15) is 0 Å². The summed E-state index contributed by atoms with van der Waals surface area (Å²) in [6.45, 7) is 7.06. The molecule has 2 heteroatoms. The topological polar surface area (TPSA) is 12.4 Å². The second-order valence-electron chi connectivity index (χ2n) is 5.04. The van der Waals surface area contributed by atoms with Gasteiger partial charge in [-0.25, -0.2) is 0 Å². The van der Waals surface area contributed by atoms with Crippen molar-refractivity contribution in [2.75, 3.05) is 6.54 Å². The zero-order chi connectivity index (χ0) is 12.0. The minimum Gasteiger partial charge on any atom is -0.292 e. The van der Waals surface area contributed by atoms with Crippen molar-refractivity contribution in [2.45, 2.75) is 27.2 Å². The number of benzene rings is 1. The van der Waals surface area contributed by atoms with Gasteiger partial charge in [-0.15, -0.1) is 0 Å². The second kappa shape index (κ2) is 5.90. The molecule has 0 unspecified atom stereocenters. The van der Waals surface area contributed by atoms with Crippen LogP contribution in [0.2, 0.25) is 0 Å². The minimum atomic E-state index is 0.141. The molecule has 1 aromatic carbocycles. The highest BCUT2D eigenvalue weighted by atomic mass is 32.1. The molecule has 0 bridgehead atoms. The van der Waals surface area contributed by atoms with Crippen LogP contribution in [0.5, 0.6) is 0 Å². The molecule has 0 N–H and O–H groups in total. The van der Waals surface area contributed by atoms with Gasteiger partial charge in [0.05, 0.1) is 6.54 Å². The van der Waals surface area contributed by atoms with Crippen LogP contribution in [0.15, 0.2) is 35.3 Å². The van der Waals surface area contributed by atoms with E-state index >= 15 is 0 Å². The zero-order valence-corrected chi connectivity index (χ0v) is 11.1. The molecule has 1 rings (SSSR count). The fourth-order valence-electron chi connectivity index (χ4n) is 1.30. The summed E-state index contributed by atoms with van der Waals surface area (Å²) in [5.74, 6) is 0. The molecule has 0 aliphatic heterocycles. The van der Waals surface area contributed by atoms with Crippen LogP contribution in [0.1, 0.15) is 26.3 Å². The van der Waals surface area contributed by atoms with Crippen molar-refractivity contribution in [2.24, 2.45) is 10.4 Å². The Morgan fingerprint density at radius 2 is 1.88 bits per heavy atom. The molecule has 0 atom stereocenters. The third-order valence-corrected chi connectivity index (χ3v) is 2.26. The van der Waals surface area contributed by atoms with Gasteiger partial charge in [-0.3, -0.25) is 4.99 Å². The number of rotatable bonds is 4. The summed E-state index contributed by atoms with van der Waals surface area (Å²) in [6, 6.07) is 10.3. The van der Waals surface area contributed by atoms with Crippen LogP contribution in [0.3, 0.4) is 0 Å². The summed E-state index contributed by atoms with van der Waals surface area (Å²) in [7, 11) is 0. The van der Waals surface area contributed by atoms with Gasteiger partial charge in [0.15, 0.2) is 0 Å². The monoisotopic (exact) mass is 233 g/mol. The van der Waals surface area contributed by atoms with Gasteiger partial charge >= 0.3 is 0 Å². The maximum atomic E-state index is 5.31. The standard InChI is InChI=1S/C14H19NS/c1-14(2,3)11-15-10-13(16)9-12-7-5-4-6-8-12/h4-8,11H,9-10H2,1-3H3. The molecule has 0 spiro atoms. The summed E-state index contributed by atoms with van der Waals surface area (Å²) in [4.78, 5) is 5.36. The van der Waals surface area contributed by atoms with Crippen molar-refractivity contribution >= 4 is 23.3 Å². The molecule has 0 saturated carbocycles. The molecule has 0 fully saturated rings. The Morgan fingerprint density at radius 3 is 2.44 bits per heavy atom. The molecule has 86 valence electrons. The first-order chi connectivity index (χ1) is 7.47. The van der Waals surface area contributed by atoms with Crippen LogP contribution < -0.4 is 0 Å². The van der Waals surface area contributed by atoms with Crippen molar-refractivity contribution in [1.82, 2.24) is 0 Å². The van der Waals surface area contributed by atoms with E-state index in [9.17, 15) is 0 Å². The number of nitrogens with zero attached hydrogens (tertiary/aromatic N) is 1. The molecular formula is C14H19NS. The molecule has 0 aliphatic rings. The highest BCUT2D eigenvalue weighted by Gasteiger charge is 2.05. The van der Waals surface area contributed by atoms with Crippen LogP contribution in [-0.2, 0) is 6.42 Å². The fraction of sp³-hybridized carbons (Fsp3) is 0.429. The lowest BCUT2D eigenvalue weighted by Crippen LogP contribution is -2.09. The fourth-order valence-corrected chi connectivity index (χ4v) is 1.54. The van der Waals surface area contributed by atoms with Crippen molar-refractivity contribution < 1.29 is 0 Å². The van der Waals surface area contributed by atoms with Crippen molar-refractivity contribution in [3.05, 3.63) is 35.9 Å². The van der Waals surface area contributed by atoms with E-state index in [0.29, 0.717) is 6.54 Å². The highest BCUT2D eigenvalue weighted by molar-refractivity contribution is 7.80. The summed E-state index contributed by atoms with van der Waals surface area (Å²) in [5.41, 5.74) is 1.40. The van der Waals surface area contributed by atoms with E-state index in [-0.39, 0.29) is 5.41 Å². The van der Waals surface area contributed by atoms with E-state index in [4.69, 9.17) is 12.2 Å². The Kier molecular flexibility index (Phi) is 4.81. The quantitative estimate of drug-likeness (QED) is 0.570. The maximum absolute atomic E-state index is 5.31. The van der Waals surface area contributed by atoms with Gasteiger partial charge < -0.3 is 0 Å². The summed E-state index contributed by atoms with van der Waals surface area (Å²) in [5, 5.41) is 0. The lowest BCUT2D eigenvalue weighted by atomic mass is 9.99. The van der Waals surface area contributed by atoms with Crippen molar-refractivity contribution in [3.63, 3.8) is 0 Å². The van der Waals surface area contributed by atoms with Gasteiger partial charge in [0.25, 0.3) is 0 Å². The SMILES string of the molecule is CC(C)(C)C=NCC(=S)Cc1ccccc1. The lowest BCUT2D eigenvalue weighted by Gasteiger charge is -2.10. The number of thiocarbonyl (C=S) groups is 1. The average Bonchev–Trinajstić information content (AvgIpc) is 2.17. The molecule has 0 saturated heterocycles. The Balaban J connectivity index is 2.41. The van der Waals surface area contributed by atoms with Crippen LogP contribution in [0.25, 0.3) is 0 Å². The third-order valence-electron chi connectivity index (χ3n) is 1.99. The minimum absolute atomic E-state index is 0.141. The smallest absolute Gasteiger partial charge is 0.0702 e. The van der Waals surface area contributed by atoms with Gasteiger partial charge in [0.2, 0.25) is 0 Å². The number of aliphatic imine (C=N–C) groups is 1. The van der Waals surface area contributed by atoms with Crippen LogP contribution in [0, 0.1) is 5.41 Å². The molecular weight excluding hydrogens is 214 g/mol.